The highest BCUT2D eigenvalue weighted by Gasteiger charge is 2.46. The van der Waals surface area contributed by atoms with Gasteiger partial charge in [0.1, 0.15) is 17.9 Å². The first-order valence-electron chi connectivity index (χ1n) is 6.79. The zero-order chi connectivity index (χ0) is 15.5. The highest BCUT2D eigenvalue weighted by molar-refractivity contribution is 6.07. The molecule has 1 aliphatic rings. The fourth-order valence-corrected chi connectivity index (χ4v) is 2.08. The molecule has 4 amide bonds. The van der Waals surface area contributed by atoms with E-state index in [4.69, 9.17) is 0 Å². The topological polar surface area (TPSA) is 107 Å². The van der Waals surface area contributed by atoms with E-state index in [1.54, 1.807) is 26.2 Å². The SMILES string of the molecule is CC1(C)C(=O)NC(=O)N1CC(=O)NCCCc1ncc[nH]1. The summed E-state index contributed by atoms with van der Waals surface area (Å²) in [6.07, 6.45) is 4.91. The van der Waals surface area contributed by atoms with Crippen molar-refractivity contribution in [1.29, 1.82) is 0 Å². The van der Waals surface area contributed by atoms with Crippen LogP contribution in [-0.4, -0.2) is 51.3 Å². The van der Waals surface area contributed by atoms with Crippen LogP contribution in [0.25, 0.3) is 0 Å². The Morgan fingerprint density at radius 3 is 2.76 bits per heavy atom. The van der Waals surface area contributed by atoms with Gasteiger partial charge in [0.25, 0.3) is 5.91 Å². The van der Waals surface area contributed by atoms with Crippen molar-refractivity contribution in [2.24, 2.45) is 0 Å². The number of hydrogen-bond donors (Lipinski definition) is 3. The summed E-state index contributed by atoms with van der Waals surface area (Å²) in [5, 5.41) is 4.94. The summed E-state index contributed by atoms with van der Waals surface area (Å²) in [4.78, 5) is 43.3. The molecule has 0 radical (unpaired) electrons. The Bertz CT molecular complexity index is 538. The van der Waals surface area contributed by atoms with Gasteiger partial charge in [-0.05, 0) is 20.3 Å². The molecule has 0 bridgehead atoms. The zero-order valence-corrected chi connectivity index (χ0v) is 12.1. The number of carbonyl (C=O) groups excluding carboxylic acids is 3. The van der Waals surface area contributed by atoms with Gasteiger partial charge in [-0.1, -0.05) is 0 Å². The maximum Gasteiger partial charge on any atom is 0.325 e. The van der Waals surface area contributed by atoms with Crippen molar-refractivity contribution >= 4 is 17.8 Å². The highest BCUT2D eigenvalue weighted by Crippen LogP contribution is 2.19. The van der Waals surface area contributed by atoms with Gasteiger partial charge in [0.05, 0.1) is 0 Å². The molecule has 0 spiro atoms. The van der Waals surface area contributed by atoms with Crippen LogP contribution in [0.3, 0.4) is 0 Å². The number of aryl methyl sites for hydroxylation is 1. The lowest BCUT2D eigenvalue weighted by molar-refractivity contribution is -0.127. The molecule has 1 aliphatic heterocycles. The average molecular weight is 293 g/mol. The van der Waals surface area contributed by atoms with Gasteiger partial charge in [-0.25, -0.2) is 9.78 Å². The van der Waals surface area contributed by atoms with Crippen LogP contribution in [0.15, 0.2) is 12.4 Å². The fraction of sp³-hybridized carbons (Fsp3) is 0.538. The van der Waals surface area contributed by atoms with Gasteiger partial charge in [-0.2, -0.15) is 0 Å². The number of rotatable bonds is 6. The molecule has 1 saturated heterocycles. The maximum atomic E-state index is 11.8. The second-order valence-electron chi connectivity index (χ2n) is 5.39. The molecule has 0 saturated carbocycles. The Morgan fingerprint density at radius 1 is 1.43 bits per heavy atom. The number of imidazole rings is 1. The minimum absolute atomic E-state index is 0.134. The zero-order valence-electron chi connectivity index (χ0n) is 12.1. The number of amides is 4. The number of hydrogen-bond acceptors (Lipinski definition) is 4. The molecule has 0 aromatic carbocycles. The molecule has 3 N–H and O–H groups in total. The van der Waals surface area contributed by atoms with Crippen LogP contribution in [0.5, 0.6) is 0 Å². The minimum Gasteiger partial charge on any atom is -0.355 e. The third kappa shape index (κ3) is 3.39. The van der Waals surface area contributed by atoms with E-state index < -0.39 is 17.5 Å². The standard InChI is InChI=1S/C13H19N5O3/c1-13(2)11(20)17-12(21)18(13)8-10(19)16-5-3-4-9-14-6-7-15-9/h6-7H,3-5,8H2,1-2H3,(H,14,15)(H,16,19)(H,17,20,21). The monoisotopic (exact) mass is 293 g/mol. The molecule has 114 valence electrons. The van der Waals surface area contributed by atoms with E-state index in [0.717, 1.165) is 18.7 Å². The Kier molecular flexibility index (Phi) is 4.25. The second kappa shape index (κ2) is 5.94. The molecular weight excluding hydrogens is 274 g/mol. The van der Waals surface area contributed by atoms with Crippen LogP contribution >= 0.6 is 0 Å². The molecule has 8 heteroatoms. The molecule has 8 nitrogen and oxygen atoms in total. The average Bonchev–Trinajstić information content (AvgIpc) is 2.99. The van der Waals surface area contributed by atoms with Crippen molar-refractivity contribution < 1.29 is 14.4 Å². The first kappa shape index (κ1) is 15.0. The molecule has 1 aromatic rings. The number of aromatic nitrogens is 2. The molecule has 2 heterocycles. The number of imide groups is 1. The van der Waals surface area contributed by atoms with E-state index in [-0.39, 0.29) is 12.5 Å². The van der Waals surface area contributed by atoms with Crippen LogP contribution in [0.4, 0.5) is 4.79 Å². The van der Waals surface area contributed by atoms with Gasteiger partial charge in [-0.15, -0.1) is 0 Å². The smallest absolute Gasteiger partial charge is 0.325 e. The van der Waals surface area contributed by atoms with E-state index in [0.29, 0.717) is 6.54 Å². The first-order chi connectivity index (χ1) is 9.91. The number of carbonyl (C=O) groups is 3. The Balaban J connectivity index is 1.74. The summed E-state index contributed by atoms with van der Waals surface area (Å²) in [5.41, 5.74) is -0.997. The molecule has 2 rings (SSSR count). The quantitative estimate of drug-likeness (QED) is 0.498. The van der Waals surface area contributed by atoms with Gasteiger partial charge < -0.3 is 15.2 Å². The third-order valence-electron chi connectivity index (χ3n) is 3.47. The van der Waals surface area contributed by atoms with E-state index in [1.165, 1.54) is 4.90 Å². The van der Waals surface area contributed by atoms with Crippen LogP contribution < -0.4 is 10.6 Å². The maximum absolute atomic E-state index is 11.8. The number of nitrogens with zero attached hydrogens (tertiary/aromatic N) is 2. The van der Waals surface area contributed by atoms with Gasteiger partial charge >= 0.3 is 6.03 Å². The predicted octanol–water partition coefficient (Wildman–Crippen LogP) is -0.211. The largest absolute Gasteiger partial charge is 0.355 e. The minimum atomic E-state index is -0.997. The molecule has 1 fully saturated rings. The third-order valence-corrected chi connectivity index (χ3v) is 3.47. The van der Waals surface area contributed by atoms with E-state index in [2.05, 4.69) is 20.6 Å². The molecule has 1 aromatic heterocycles. The van der Waals surface area contributed by atoms with Crippen molar-refractivity contribution in [2.45, 2.75) is 32.2 Å². The summed E-state index contributed by atoms with van der Waals surface area (Å²) in [6, 6.07) is -0.532. The Hall–Kier alpha value is -2.38. The Labute approximate surface area is 122 Å². The van der Waals surface area contributed by atoms with Crippen molar-refractivity contribution in [3.05, 3.63) is 18.2 Å². The van der Waals surface area contributed by atoms with Crippen LogP contribution in [0.1, 0.15) is 26.1 Å². The van der Waals surface area contributed by atoms with E-state index >= 15 is 0 Å². The predicted molar refractivity (Wildman–Crippen MR) is 74.2 cm³/mol. The summed E-state index contributed by atoms with van der Waals surface area (Å²) in [5.74, 6) is 0.195. The van der Waals surface area contributed by atoms with Crippen molar-refractivity contribution in [2.75, 3.05) is 13.1 Å². The van der Waals surface area contributed by atoms with E-state index in [1.807, 2.05) is 0 Å². The molecule has 0 atom stereocenters. The normalized spacial score (nSPS) is 17.0. The van der Waals surface area contributed by atoms with Gasteiger partial charge in [0.15, 0.2) is 0 Å². The van der Waals surface area contributed by atoms with Crippen LogP contribution in [-0.2, 0) is 16.0 Å². The van der Waals surface area contributed by atoms with Crippen LogP contribution in [0, 0.1) is 0 Å². The van der Waals surface area contributed by atoms with E-state index in [9.17, 15) is 14.4 Å². The van der Waals surface area contributed by atoms with Crippen molar-refractivity contribution in [3.8, 4) is 0 Å². The van der Waals surface area contributed by atoms with Gasteiger partial charge in [0.2, 0.25) is 5.91 Å². The second-order valence-corrected chi connectivity index (χ2v) is 5.39. The summed E-state index contributed by atoms with van der Waals surface area (Å²) in [6.45, 7) is 3.57. The molecule has 0 unspecified atom stereocenters. The lowest BCUT2D eigenvalue weighted by Crippen LogP contribution is -2.49. The van der Waals surface area contributed by atoms with Gasteiger partial charge in [-0.3, -0.25) is 14.9 Å². The van der Waals surface area contributed by atoms with Crippen molar-refractivity contribution in [3.63, 3.8) is 0 Å². The summed E-state index contributed by atoms with van der Waals surface area (Å²) < 4.78 is 0. The fourth-order valence-electron chi connectivity index (χ4n) is 2.08. The number of nitrogens with one attached hydrogen (secondary N) is 3. The lowest BCUT2D eigenvalue weighted by Gasteiger charge is -2.27. The van der Waals surface area contributed by atoms with Crippen molar-refractivity contribution in [1.82, 2.24) is 25.5 Å². The molecular formula is C13H19N5O3. The first-order valence-corrected chi connectivity index (χ1v) is 6.79. The lowest BCUT2D eigenvalue weighted by atomic mass is 10.0. The molecule has 0 aliphatic carbocycles. The number of urea groups is 1. The summed E-state index contributed by atoms with van der Waals surface area (Å²) in [7, 11) is 0. The number of aromatic amines is 1. The van der Waals surface area contributed by atoms with Crippen LogP contribution in [0.2, 0.25) is 0 Å². The molecule has 21 heavy (non-hydrogen) atoms. The van der Waals surface area contributed by atoms with Gasteiger partial charge in [0, 0.05) is 25.4 Å². The Morgan fingerprint density at radius 2 is 2.19 bits per heavy atom. The highest BCUT2D eigenvalue weighted by atomic mass is 16.2. The number of H-pyrrole nitrogens is 1. The summed E-state index contributed by atoms with van der Waals surface area (Å²) >= 11 is 0.